The SMILES string of the molecule is CC1(C)c2ccc(N(c3ccc(-c4ccc(-c5ccccc5)cc4)cc3)c3cccc4ccccc34)cc2-c2c(-c3ccccc3)cccc21. The number of hydrogen-bond donors (Lipinski definition) is 0. The van der Waals surface area contributed by atoms with Crippen LogP contribution < -0.4 is 4.90 Å². The zero-order valence-electron chi connectivity index (χ0n) is 28.3. The number of rotatable bonds is 6. The Labute approximate surface area is 294 Å². The van der Waals surface area contributed by atoms with Gasteiger partial charge in [-0.25, -0.2) is 0 Å². The summed E-state index contributed by atoms with van der Waals surface area (Å²) < 4.78 is 0. The van der Waals surface area contributed by atoms with Crippen LogP contribution in [0.25, 0.3) is 55.3 Å². The zero-order valence-corrected chi connectivity index (χ0v) is 28.3. The molecular formula is C49H37N. The Kier molecular flexibility index (Phi) is 7.21. The van der Waals surface area contributed by atoms with E-state index in [-0.39, 0.29) is 5.41 Å². The van der Waals surface area contributed by atoms with E-state index in [4.69, 9.17) is 0 Å². The van der Waals surface area contributed by atoms with Gasteiger partial charge < -0.3 is 4.90 Å². The number of hydrogen-bond acceptors (Lipinski definition) is 1. The lowest BCUT2D eigenvalue weighted by atomic mass is 9.82. The number of anilines is 3. The number of nitrogens with zero attached hydrogens (tertiary/aromatic N) is 1. The van der Waals surface area contributed by atoms with Crippen molar-refractivity contribution in [3.8, 4) is 44.5 Å². The molecule has 0 heterocycles. The van der Waals surface area contributed by atoms with Crippen LogP contribution >= 0.6 is 0 Å². The van der Waals surface area contributed by atoms with Crippen molar-refractivity contribution in [1.29, 1.82) is 0 Å². The number of benzene rings is 8. The fraction of sp³-hybridized carbons (Fsp3) is 0.0612. The van der Waals surface area contributed by atoms with E-state index in [1.165, 1.54) is 66.4 Å². The third-order valence-electron chi connectivity index (χ3n) is 10.5. The van der Waals surface area contributed by atoms with E-state index in [0.29, 0.717) is 0 Å². The molecule has 8 aromatic rings. The molecular weight excluding hydrogens is 603 g/mol. The Balaban J connectivity index is 1.18. The highest BCUT2D eigenvalue weighted by Crippen LogP contribution is 2.54. The van der Waals surface area contributed by atoms with E-state index in [1.807, 2.05) is 0 Å². The summed E-state index contributed by atoms with van der Waals surface area (Å²) in [6.45, 7) is 4.72. The van der Waals surface area contributed by atoms with Gasteiger partial charge in [0.2, 0.25) is 0 Å². The molecule has 0 N–H and O–H groups in total. The van der Waals surface area contributed by atoms with E-state index in [0.717, 1.165) is 17.1 Å². The van der Waals surface area contributed by atoms with Gasteiger partial charge in [0.15, 0.2) is 0 Å². The molecule has 0 aromatic heterocycles. The molecule has 0 fully saturated rings. The summed E-state index contributed by atoms with van der Waals surface area (Å²) >= 11 is 0. The van der Waals surface area contributed by atoms with Crippen LogP contribution in [0.2, 0.25) is 0 Å². The topological polar surface area (TPSA) is 3.24 Å². The van der Waals surface area contributed by atoms with Crippen molar-refractivity contribution in [3.63, 3.8) is 0 Å². The Morgan fingerprint density at radius 3 is 1.62 bits per heavy atom. The molecule has 1 heteroatoms. The monoisotopic (exact) mass is 639 g/mol. The van der Waals surface area contributed by atoms with Gasteiger partial charge in [0.1, 0.15) is 0 Å². The van der Waals surface area contributed by atoms with Gasteiger partial charge in [0.25, 0.3) is 0 Å². The Bertz CT molecular complexity index is 2470. The molecule has 9 rings (SSSR count). The molecule has 50 heavy (non-hydrogen) atoms. The van der Waals surface area contributed by atoms with E-state index < -0.39 is 0 Å². The normalized spacial score (nSPS) is 12.8. The van der Waals surface area contributed by atoms with Crippen molar-refractivity contribution < 1.29 is 0 Å². The standard InChI is InChI=1S/C49H37N/c1-49(2)45-32-31-41(33-44(45)48-43(20-12-21-46(48)49)39-15-7-4-8-16-39)50(47-22-11-18-38-17-9-10-19-42(38)47)40-29-27-37(28-30-40)36-25-23-35(24-26-36)34-13-5-3-6-14-34/h3-33H,1-2H3. The second-order valence-electron chi connectivity index (χ2n) is 13.8. The molecule has 0 spiro atoms. The zero-order chi connectivity index (χ0) is 33.7. The van der Waals surface area contributed by atoms with Crippen molar-refractivity contribution >= 4 is 27.8 Å². The van der Waals surface area contributed by atoms with Crippen LogP contribution in [0.1, 0.15) is 25.0 Å². The van der Waals surface area contributed by atoms with Crippen molar-refractivity contribution in [3.05, 3.63) is 199 Å². The first-order valence-corrected chi connectivity index (χ1v) is 17.4. The van der Waals surface area contributed by atoms with Crippen LogP contribution in [0.15, 0.2) is 188 Å². The lowest BCUT2D eigenvalue weighted by Crippen LogP contribution is -2.15. The van der Waals surface area contributed by atoms with Crippen LogP contribution in [0.3, 0.4) is 0 Å². The van der Waals surface area contributed by atoms with Crippen LogP contribution in [0, 0.1) is 0 Å². The maximum atomic E-state index is 2.43. The second kappa shape index (κ2) is 12.1. The first kappa shape index (κ1) is 29.9. The van der Waals surface area contributed by atoms with Gasteiger partial charge in [0, 0.05) is 22.2 Å². The van der Waals surface area contributed by atoms with Crippen LogP contribution in [-0.4, -0.2) is 0 Å². The van der Waals surface area contributed by atoms with Gasteiger partial charge in [-0.3, -0.25) is 0 Å². The first-order chi connectivity index (χ1) is 24.6. The van der Waals surface area contributed by atoms with Gasteiger partial charge in [-0.2, -0.15) is 0 Å². The average molecular weight is 640 g/mol. The second-order valence-corrected chi connectivity index (χ2v) is 13.8. The lowest BCUT2D eigenvalue weighted by Gasteiger charge is -2.28. The summed E-state index contributed by atoms with van der Waals surface area (Å²) in [5, 5.41) is 2.45. The summed E-state index contributed by atoms with van der Waals surface area (Å²) in [6, 6.07) is 68.5. The van der Waals surface area contributed by atoms with Gasteiger partial charge in [-0.05, 0) is 91.4 Å². The van der Waals surface area contributed by atoms with Gasteiger partial charge in [-0.15, -0.1) is 0 Å². The van der Waals surface area contributed by atoms with Crippen LogP contribution in [0.4, 0.5) is 17.1 Å². The van der Waals surface area contributed by atoms with Crippen molar-refractivity contribution in [2.75, 3.05) is 4.90 Å². The Hall–Kier alpha value is -6.18. The average Bonchev–Trinajstić information content (AvgIpc) is 3.41. The Morgan fingerprint density at radius 2 is 0.920 bits per heavy atom. The third-order valence-corrected chi connectivity index (χ3v) is 10.5. The molecule has 0 bridgehead atoms. The first-order valence-electron chi connectivity index (χ1n) is 17.4. The largest absolute Gasteiger partial charge is 0.310 e. The maximum Gasteiger partial charge on any atom is 0.0540 e. The number of fused-ring (bicyclic) bond motifs is 4. The summed E-state index contributed by atoms with van der Waals surface area (Å²) in [6.07, 6.45) is 0. The highest BCUT2D eigenvalue weighted by molar-refractivity contribution is 6.00. The van der Waals surface area contributed by atoms with E-state index in [2.05, 4.69) is 207 Å². The fourth-order valence-electron chi connectivity index (χ4n) is 7.91. The summed E-state index contributed by atoms with van der Waals surface area (Å²) in [5.41, 5.74) is 16.1. The molecule has 1 aliphatic carbocycles. The summed E-state index contributed by atoms with van der Waals surface area (Å²) in [4.78, 5) is 2.43. The highest BCUT2D eigenvalue weighted by atomic mass is 15.1. The lowest BCUT2D eigenvalue weighted by molar-refractivity contribution is 0.660. The van der Waals surface area contributed by atoms with Crippen LogP contribution in [0.5, 0.6) is 0 Å². The predicted octanol–water partition coefficient (Wildman–Crippen LogP) is 13.6. The predicted molar refractivity (Wildman–Crippen MR) is 213 cm³/mol. The summed E-state index contributed by atoms with van der Waals surface area (Å²) in [7, 11) is 0. The molecule has 1 nitrogen and oxygen atoms in total. The van der Waals surface area contributed by atoms with E-state index in [1.54, 1.807) is 0 Å². The minimum atomic E-state index is -0.101. The maximum absolute atomic E-state index is 2.43. The quantitative estimate of drug-likeness (QED) is 0.175. The summed E-state index contributed by atoms with van der Waals surface area (Å²) in [5.74, 6) is 0. The Morgan fingerprint density at radius 1 is 0.380 bits per heavy atom. The van der Waals surface area contributed by atoms with Gasteiger partial charge in [-0.1, -0.05) is 172 Å². The molecule has 0 saturated heterocycles. The third kappa shape index (κ3) is 5.02. The fourth-order valence-corrected chi connectivity index (χ4v) is 7.91. The molecule has 0 aliphatic heterocycles. The highest BCUT2D eigenvalue weighted by Gasteiger charge is 2.37. The molecule has 1 aliphatic rings. The minimum Gasteiger partial charge on any atom is -0.310 e. The van der Waals surface area contributed by atoms with E-state index in [9.17, 15) is 0 Å². The molecule has 238 valence electrons. The van der Waals surface area contributed by atoms with Gasteiger partial charge in [0.05, 0.1) is 5.69 Å². The molecule has 0 amide bonds. The minimum absolute atomic E-state index is 0.101. The smallest absolute Gasteiger partial charge is 0.0540 e. The molecule has 0 radical (unpaired) electrons. The molecule has 8 aromatic carbocycles. The van der Waals surface area contributed by atoms with Crippen molar-refractivity contribution in [1.82, 2.24) is 0 Å². The molecule has 0 unspecified atom stereocenters. The molecule has 0 atom stereocenters. The van der Waals surface area contributed by atoms with Crippen LogP contribution in [-0.2, 0) is 5.41 Å². The van der Waals surface area contributed by atoms with E-state index >= 15 is 0 Å². The molecule has 0 saturated carbocycles. The van der Waals surface area contributed by atoms with Crippen molar-refractivity contribution in [2.45, 2.75) is 19.3 Å². The van der Waals surface area contributed by atoms with Gasteiger partial charge >= 0.3 is 0 Å². The van der Waals surface area contributed by atoms with Crippen molar-refractivity contribution in [2.24, 2.45) is 0 Å².